The summed E-state index contributed by atoms with van der Waals surface area (Å²) in [5.74, 6) is -0.101. The van der Waals surface area contributed by atoms with Gasteiger partial charge in [0, 0.05) is 33.0 Å². The molecule has 0 fully saturated rings. The Labute approximate surface area is 167 Å². The van der Waals surface area contributed by atoms with E-state index in [4.69, 9.17) is 4.74 Å². The SMILES string of the molecule is C=CC(=O)OC(C/C=C\CCCCCCCC(=O)N(C)C)CCCCCC. The van der Waals surface area contributed by atoms with Gasteiger partial charge in [0.05, 0.1) is 0 Å². The first kappa shape index (κ1) is 25.4. The molecule has 0 radical (unpaired) electrons. The first-order valence-electron chi connectivity index (χ1n) is 10.7. The van der Waals surface area contributed by atoms with E-state index >= 15 is 0 Å². The summed E-state index contributed by atoms with van der Waals surface area (Å²) in [7, 11) is 3.62. The van der Waals surface area contributed by atoms with E-state index in [0.29, 0.717) is 6.42 Å². The number of rotatable bonds is 17. The molecule has 1 unspecified atom stereocenters. The second-order valence-electron chi connectivity index (χ2n) is 7.41. The van der Waals surface area contributed by atoms with Crippen LogP contribution >= 0.6 is 0 Å². The van der Waals surface area contributed by atoms with Crippen molar-refractivity contribution in [3.05, 3.63) is 24.8 Å². The summed E-state index contributed by atoms with van der Waals surface area (Å²) in [6, 6.07) is 0. The maximum Gasteiger partial charge on any atom is 0.330 e. The zero-order chi connectivity index (χ0) is 20.3. The van der Waals surface area contributed by atoms with E-state index in [1.54, 1.807) is 4.90 Å². The highest BCUT2D eigenvalue weighted by Crippen LogP contribution is 2.13. The lowest BCUT2D eigenvalue weighted by Gasteiger charge is -2.15. The van der Waals surface area contributed by atoms with E-state index in [-0.39, 0.29) is 18.0 Å². The summed E-state index contributed by atoms with van der Waals surface area (Å²) in [5.41, 5.74) is 0. The van der Waals surface area contributed by atoms with E-state index in [1.165, 1.54) is 44.6 Å². The third-order valence-corrected chi connectivity index (χ3v) is 4.66. The first-order valence-corrected chi connectivity index (χ1v) is 10.7. The first-order chi connectivity index (χ1) is 13.0. The summed E-state index contributed by atoms with van der Waals surface area (Å²) in [5, 5.41) is 0. The molecule has 4 heteroatoms. The van der Waals surface area contributed by atoms with Gasteiger partial charge in [-0.1, -0.05) is 64.2 Å². The summed E-state index contributed by atoms with van der Waals surface area (Å²) in [6.07, 6.45) is 19.4. The molecule has 4 nitrogen and oxygen atoms in total. The van der Waals surface area contributed by atoms with Gasteiger partial charge in [-0.05, 0) is 32.1 Å². The van der Waals surface area contributed by atoms with Gasteiger partial charge in [0.15, 0.2) is 0 Å². The van der Waals surface area contributed by atoms with E-state index in [1.807, 2.05) is 14.1 Å². The van der Waals surface area contributed by atoms with Crippen molar-refractivity contribution in [1.82, 2.24) is 4.90 Å². The maximum atomic E-state index is 11.5. The van der Waals surface area contributed by atoms with Crippen LogP contribution in [0.3, 0.4) is 0 Å². The fraction of sp³-hybridized carbons (Fsp3) is 0.739. The van der Waals surface area contributed by atoms with Crippen LogP contribution in [0.15, 0.2) is 24.8 Å². The van der Waals surface area contributed by atoms with Crippen LogP contribution < -0.4 is 0 Å². The highest BCUT2D eigenvalue weighted by molar-refractivity contribution is 5.81. The van der Waals surface area contributed by atoms with Crippen molar-refractivity contribution in [3.63, 3.8) is 0 Å². The fourth-order valence-electron chi connectivity index (χ4n) is 2.89. The van der Waals surface area contributed by atoms with Crippen LogP contribution in [-0.2, 0) is 14.3 Å². The third-order valence-electron chi connectivity index (χ3n) is 4.66. The Bertz CT molecular complexity index is 429. The Morgan fingerprint density at radius 2 is 1.63 bits per heavy atom. The molecule has 156 valence electrons. The topological polar surface area (TPSA) is 46.6 Å². The smallest absolute Gasteiger partial charge is 0.330 e. The molecule has 0 heterocycles. The van der Waals surface area contributed by atoms with Crippen molar-refractivity contribution in [2.75, 3.05) is 14.1 Å². The highest BCUT2D eigenvalue weighted by Gasteiger charge is 2.10. The normalized spacial score (nSPS) is 12.1. The molecule has 0 aliphatic heterocycles. The van der Waals surface area contributed by atoms with Gasteiger partial charge < -0.3 is 9.64 Å². The van der Waals surface area contributed by atoms with Crippen LogP contribution in [0.25, 0.3) is 0 Å². The lowest BCUT2D eigenvalue weighted by Crippen LogP contribution is -2.20. The Balaban J connectivity index is 3.81. The molecule has 0 aromatic heterocycles. The van der Waals surface area contributed by atoms with E-state index in [0.717, 1.165) is 38.5 Å². The number of hydrogen-bond donors (Lipinski definition) is 0. The Morgan fingerprint density at radius 1 is 0.963 bits per heavy atom. The van der Waals surface area contributed by atoms with Gasteiger partial charge in [0.25, 0.3) is 0 Å². The van der Waals surface area contributed by atoms with Crippen molar-refractivity contribution < 1.29 is 14.3 Å². The van der Waals surface area contributed by atoms with Crippen LogP contribution in [0.2, 0.25) is 0 Å². The lowest BCUT2D eigenvalue weighted by atomic mass is 10.1. The molecule has 0 aromatic rings. The number of carbonyl (C=O) groups excluding carboxylic acids is 2. The second kappa shape index (κ2) is 17.8. The van der Waals surface area contributed by atoms with Crippen molar-refractivity contribution in [2.24, 2.45) is 0 Å². The molecule has 0 saturated carbocycles. The van der Waals surface area contributed by atoms with Gasteiger partial charge in [-0.25, -0.2) is 4.79 Å². The Hall–Kier alpha value is -1.58. The zero-order valence-electron chi connectivity index (χ0n) is 17.9. The van der Waals surface area contributed by atoms with Gasteiger partial charge >= 0.3 is 5.97 Å². The lowest BCUT2D eigenvalue weighted by molar-refractivity contribution is -0.143. The number of carbonyl (C=O) groups is 2. The molecule has 0 aromatic carbocycles. The van der Waals surface area contributed by atoms with E-state index in [9.17, 15) is 9.59 Å². The summed E-state index contributed by atoms with van der Waals surface area (Å²) in [6.45, 7) is 5.68. The van der Waals surface area contributed by atoms with Gasteiger partial charge in [-0.15, -0.1) is 0 Å². The molecular weight excluding hydrogens is 338 g/mol. The van der Waals surface area contributed by atoms with Crippen molar-refractivity contribution in [3.8, 4) is 0 Å². The van der Waals surface area contributed by atoms with Gasteiger partial charge in [0.2, 0.25) is 5.91 Å². The van der Waals surface area contributed by atoms with Crippen LogP contribution in [0.5, 0.6) is 0 Å². The molecule has 27 heavy (non-hydrogen) atoms. The largest absolute Gasteiger partial charge is 0.459 e. The Morgan fingerprint density at radius 3 is 2.30 bits per heavy atom. The predicted octanol–water partition coefficient (Wildman–Crippen LogP) is 5.82. The summed E-state index contributed by atoms with van der Waals surface area (Å²) in [4.78, 5) is 24.6. The standard InChI is InChI=1S/C23H41NO3/c1-5-7-8-15-18-21(27-23(26)6-2)19-16-13-11-9-10-12-14-17-20-22(25)24(3)4/h6,13,16,21H,2,5,7-12,14-15,17-20H2,1,3-4H3/b16-13-. The highest BCUT2D eigenvalue weighted by atomic mass is 16.5. The monoisotopic (exact) mass is 379 g/mol. The van der Waals surface area contributed by atoms with Crippen LogP contribution in [0.4, 0.5) is 0 Å². The van der Waals surface area contributed by atoms with Crippen LogP contribution in [0.1, 0.15) is 90.4 Å². The molecule has 0 rings (SSSR count). The average molecular weight is 380 g/mol. The zero-order valence-corrected chi connectivity index (χ0v) is 17.9. The van der Waals surface area contributed by atoms with Crippen molar-refractivity contribution >= 4 is 11.9 Å². The molecule has 1 atom stereocenters. The number of amides is 1. The number of hydrogen-bond acceptors (Lipinski definition) is 3. The van der Waals surface area contributed by atoms with Crippen molar-refractivity contribution in [1.29, 1.82) is 0 Å². The molecule has 0 bridgehead atoms. The third kappa shape index (κ3) is 16.3. The minimum atomic E-state index is -0.323. The number of allylic oxidation sites excluding steroid dienone is 1. The number of unbranched alkanes of at least 4 members (excludes halogenated alkanes) is 8. The molecule has 0 aliphatic rings. The van der Waals surface area contributed by atoms with Crippen LogP contribution in [0, 0.1) is 0 Å². The summed E-state index contributed by atoms with van der Waals surface area (Å²) < 4.78 is 5.45. The maximum absolute atomic E-state index is 11.5. The minimum Gasteiger partial charge on any atom is -0.459 e. The van der Waals surface area contributed by atoms with E-state index < -0.39 is 0 Å². The molecule has 0 saturated heterocycles. The molecular formula is C23H41NO3. The second-order valence-corrected chi connectivity index (χ2v) is 7.41. The predicted molar refractivity (Wildman–Crippen MR) is 114 cm³/mol. The van der Waals surface area contributed by atoms with E-state index in [2.05, 4.69) is 25.7 Å². The summed E-state index contributed by atoms with van der Waals surface area (Å²) >= 11 is 0. The molecule has 0 N–H and O–H groups in total. The molecule has 1 amide bonds. The van der Waals surface area contributed by atoms with Crippen molar-refractivity contribution in [2.45, 2.75) is 96.5 Å². The van der Waals surface area contributed by atoms with Gasteiger partial charge in [-0.2, -0.15) is 0 Å². The van der Waals surface area contributed by atoms with Gasteiger partial charge in [0.1, 0.15) is 6.10 Å². The number of nitrogens with zero attached hydrogens (tertiary/aromatic N) is 1. The fourth-order valence-corrected chi connectivity index (χ4v) is 2.89. The quantitative estimate of drug-likeness (QED) is 0.138. The number of ether oxygens (including phenoxy) is 1. The Kier molecular flexibility index (Phi) is 16.8. The molecule has 0 aliphatic carbocycles. The van der Waals surface area contributed by atoms with Gasteiger partial charge in [-0.3, -0.25) is 4.79 Å². The minimum absolute atomic E-state index is 0.0298. The average Bonchev–Trinajstić information content (AvgIpc) is 2.65. The van der Waals surface area contributed by atoms with Crippen LogP contribution in [-0.4, -0.2) is 37.0 Å². The number of esters is 1. The molecule has 0 spiro atoms.